The van der Waals surface area contributed by atoms with Crippen LogP contribution in [0.1, 0.15) is 6.42 Å². The van der Waals surface area contributed by atoms with Gasteiger partial charge in [-0.3, -0.25) is 4.90 Å². The first-order chi connectivity index (χ1) is 5.72. The third kappa shape index (κ3) is 2.67. The molecule has 0 aromatic rings. The summed E-state index contributed by atoms with van der Waals surface area (Å²) in [7, 11) is 0. The van der Waals surface area contributed by atoms with Gasteiger partial charge in [-0.05, 0) is 6.42 Å². The van der Waals surface area contributed by atoms with Gasteiger partial charge < -0.3 is 15.5 Å². The van der Waals surface area contributed by atoms with Gasteiger partial charge in [-0.1, -0.05) is 0 Å². The number of likely N-dealkylation sites (tertiary alicyclic amines) is 1. The Morgan fingerprint density at radius 3 is 3.00 bits per heavy atom. The molecule has 1 aliphatic heterocycles. The molecular formula is C7H14N2O3. The highest BCUT2D eigenvalue weighted by Crippen LogP contribution is 2.07. The summed E-state index contributed by atoms with van der Waals surface area (Å²) in [6, 6.07) is 0.0362. The number of nitrogens with one attached hydrogen (secondary N) is 1. The molecule has 70 valence electrons. The molecule has 0 bridgehead atoms. The summed E-state index contributed by atoms with van der Waals surface area (Å²) in [5.41, 5.74) is 0. The zero-order valence-corrected chi connectivity index (χ0v) is 6.86. The highest BCUT2D eigenvalue weighted by molar-refractivity contribution is 5.64. The zero-order chi connectivity index (χ0) is 8.97. The quantitative estimate of drug-likeness (QED) is 0.530. The van der Waals surface area contributed by atoms with Crippen molar-refractivity contribution in [2.75, 3.05) is 26.2 Å². The van der Waals surface area contributed by atoms with Gasteiger partial charge in [0.05, 0.1) is 6.61 Å². The summed E-state index contributed by atoms with van der Waals surface area (Å²) in [4.78, 5) is 12.3. The molecule has 0 aromatic carbocycles. The molecule has 0 saturated carbocycles. The number of nitrogens with zero attached hydrogens (tertiary/aromatic N) is 1. The Morgan fingerprint density at radius 1 is 1.67 bits per heavy atom. The molecule has 5 heteroatoms. The lowest BCUT2D eigenvalue weighted by Crippen LogP contribution is -2.36. The second kappa shape index (κ2) is 4.27. The fourth-order valence-corrected chi connectivity index (χ4v) is 1.47. The number of aliphatic hydroxyl groups is 1. The Balaban J connectivity index is 2.21. The van der Waals surface area contributed by atoms with Crippen molar-refractivity contribution in [2.24, 2.45) is 0 Å². The first-order valence-corrected chi connectivity index (χ1v) is 4.05. The van der Waals surface area contributed by atoms with Crippen LogP contribution in [0.25, 0.3) is 0 Å². The lowest BCUT2D eigenvalue weighted by Gasteiger charge is -2.13. The van der Waals surface area contributed by atoms with E-state index in [1.807, 2.05) is 4.90 Å². The van der Waals surface area contributed by atoms with Gasteiger partial charge in [0.2, 0.25) is 0 Å². The highest BCUT2D eigenvalue weighted by atomic mass is 16.4. The Kier molecular flexibility index (Phi) is 3.31. The summed E-state index contributed by atoms with van der Waals surface area (Å²) >= 11 is 0. The first kappa shape index (κ1) is 9.28. The maximum Gasteiger partial charge on any atom is 0.404 e. The predicted molar refractivity (Wildman–Crippen MR) is 43.1 cm³/mol. The predicted octanol–water partition coefficient (Wildman–Crippen LogP) is -0.679. The van der Waals surface area contributed by atoms with Gasteiger partial charge in [0.15, 0.2) is 0 Å². The summed E-state index contributed by atoms with van der Waals surface area (Å²) in [5, 5.41) is 19.5. The van der Waals surface area contributed by atoms with Crippen LogP contribution in [0.2, 0.25) is 0 Å². The smallest absolute Gasteiger partial charge is 0.404 e. The standard InChI is InChI=1S/C7H14N2O3/c10-4-3-9-2-1-6(5-9)8-7(11)12/h6,8,10H,1-5H2,(H,11,12). The van der Waals surface area contributed by atoms with Crippen molar-refractivity contribution in [1.82, 2.24) is 10.2 Å². The van der Waals surface area contributed by atoms with Crippen molar-refractivity contribution in [3.05, 3.63) is 0 Å². The molecule has 0 aliphatic carbocycles. The fourth-order valence-electron chi connectivity index (χ4n) is 1.47. The molecule has 12 heavy (non-hydrogen) atoms. The number of hydrogen-bond donors (Lipinski definition) is 3. The van der Waals surface area contributed by atoms with Crippen LogP contribution in [0.4, 0.5) is 4.79 Å². The van der Waals surface area contributed by atoms with E-state index in [1.54, 1.807) is 0 Å². The average molecular weight is 174 g/mol. The second-order valence-electron chi connectivity index (χ2n) is 2.96. The minimum Gasteiger partial charge on any atom is -0.465 e. The van der Waals surface area contributed by atoms with Crippen molar-refractivity contribution < 1.29 is 15.0 Å². The second-order valence-corrected chi connectivity index (χ2v) is 2.96. The van der Waals surface area contributed by atoms with Crippen molar-refractivity contribution in [2.45, 2.75) is 12.5 Å². The SMILES string of the molecule is O=C(O)NC1CCN(CCO)C1. The molecule has 0 spiro atoms. The Bertz CT molecular complexity index is 163. The first-order valence-electron chi connectivity index (χ1n) is 4.05. The van der Waals surface area contributed by atoms with E-state index in [-0.39, 0.29) is 12.6 Å². The molecule has 1 saturated heterocycles. The number of hydrogen-bond acceptors (Lipinski definition) is 3. The maximum absolute atomic E-state index is 10.2. The third-order valence-corrected chi connectivity index (χ3v) is 2.02. The third-order valence-electron chi connectivity index (χ3n) is 2.02. The molecular weight excluding hydrogens is 160 g/mol. The highest BCUT2D eigenvalue weighted by Gasteiger charge is 2.22. The molecule has 5 nitrogen and oxygen atoms in total. The van der Waals surface area contributed by atoms with Gasteiger partial charge in [0.1, 0.15) is 0 Å². The number of β-amino-alcohol motifs (C(OH)–C–C–N with tert-alkyl or cyclic N) is 1. The fraction of sp³-hybridized carbons (Fsp3) is 0.857. The van der Waals surface area contributed by atoms with Crippen LogP contribution in [-0.2, 0) is 0 Å². The number of amides is 1. The van der Waals surface area contributed by atoms with E-state index in [0.29, 0.717) is 13.1 Å². The van der Waals surface area contributed by atoms with Crippen LogP contribution in [0, 0.1) is 0 Å². The average Bonchev–Trinajstić information content (AvgIpc) is 2.36. The normalized spacial score (nSPS) is 24.2. The van der Waals surface area contributed by atoms with Crippen molar-refractivity contribution >= 4 is 6.09 Å². The topological polar surface area (TPSA) is 72.8 Å². The largest absolute Gasteiger partial charge is 0.465 e. The van der Waals surface area contributed by atoms with Crippen molar-refractivity contribution in [3.63, 3.8) is 0 Å². The number of aliphatic hydroxyl groups excluding tert-OH is 1. The number of carbonyl (C=O) groups is 1. The molecule has 1 atom stereocenters. The molecule has 1 amide bonds. The van der Waals surface area contributed by atoms with Crippen LogP contribution >= 0.6 is 0 Å². The van der Waals surface area contributed by atoms with E-state index in [2.05, 4.69) is 5.32 Å². The molecule has 1 fully saturated rings. The van der Waals surface area contributed by atoms with E-state index in [0.717, 1.165) is 13.0 Å². The van der Waals surface area contributed by atoms with Gasteiger partial charge >= 0.3 is 6.09 Å². The van der Waals surface area contributed by atoms with Gasteiger partial charge in [-0.15, -0.1) is 0 Å². The summed E-state index contributed by atoms with van der Waals surface area (Å²) in [6.07, 6.45) is -0.127. The van der Waals surface area contributed by atoms with Crippen LogP contribution in [-0.4, -0.2) is 53.5 Å². The minimum atomic E-state index is -0.967. The molecule has 1 rings (SSSR count). The van der Waals surface area contributed by atoms with Crippen LogP contribution in [0.5, 0.6) is 0 Å². The Hall–Kier alpha value is -0.810. The zero-order valence-electron chi connectivity index (χ0n) is 6.86. The molecule has 1 heterocycles. The van der Waals surface area contributed by atoms with Gasteiger partial charge in [-0.2, -0.15) is 0 Å². The lowest BCUT2D eigenvalue weighted by atomic mass is 10.3. The van der Waals surface area contributed by atoms with E-state index >= 15 is 0 Å². The van der Waals surface area contributed by atoms with Crippen LogP contribution < -0.4 is 5.32 Å². The van der Waals surface area contributed by atoms with E-state index in [4.69, 9.17) is 10.2 Å². The van der Waals surface area contributed by atoms with Crippen molar-refractivity contribution in [1.29, 1.82) is 0 Å². The molecule has 1 aliphatic rings. The number of carboxylic acid groups (broad SMARTS) is 1. The van der Waals surface area contributed by atoms with E-state index < -0.39 is 6.09 Å². The van der Waals surface area contributed by atoms with Gasteiger partial charge in [0, 0.05) is 25.7 Å². The number of rotatable bonds is 3. The lowest BCUT2D eigenvalue weighted by molar-refractivity contribution is 0.188. The maximum atomic E-state index is 10.2. The summed E-state index contributed by atoms with van der Waals surface area (Å²) in [6.45, 7) is 2.36. The monoisotopic (exact) mass is 174 g/mol. The molecule has 1 unspecified atom stereocenters. The van der Waals surface area contributed by atoms with Crippen LogP contribution in [0.15, 0.2) is 0 Å². The van der Waals surface area contributed by atoms with E-state index in [1.165, 1.54) is 0 Å². The Morgan fingerprint density at radius 2 is 2.42 bits per heavy atom. The minimum absolute atomic E-state index is 0.0362. The molecule has 3 N–H and O–H groups in total. The van der Waals surface area contributed by atoms with E-state index in [9.17, 15) is 4.79 Å². The van der Waals surface area contributed by atoms with Gasteiger partial charge in [0.25, 0.3) is 0 Å². The van der Waals surface area contributed by atoms with Gasteiger partial charge in [-0.25, -0.2) is 4.79 Å². The van der Waals surface area contributed by atoms with Crippen molar-refractivity contribution in [3.8, 4) is 0 Å². The summed E-state index contributed by atoms with van der Waals surface area (Å²) < 4.78 is 0. The Labute approximate surface area is 71.0 Å². The molecule has 0 aromatic heterocycles. The summed E-state index contributed by atoms with van der Waals surface area (Å²) in [5.74, 6) is 0. The molecule has 0 radical (unpaired) electrons. The van der Waals surface area contributed by atoms with Crippen LogP contribution in [0.3, 0.4) is 0 Å².